The Morgan fingerprint density at radius 1 is 0.520 bits per heavy atom. The number of carbonyl (C=O) groups is 1. The van der Waals surface area contributed by atoms with Crippen LogP contribution in [0.5, 0.6) is 0 Å². The van der Waals surface area contributed by atoms with Crippen LogP contribution in [-0.2, 0) is 27.9 Å². The molecule has 0 fully saturated rings. The number of carbonyl (C=O) groups excluding carboxylic acids is 1. The summed E-state index contributed by atoms with van der Waals surface area (Å²) in [5.41, 5.74) is 5.36. The molecule has 50 heavy (non-hydrogen) atoms. The van der Waals surface area contributed by atoms with E-state index in [0.717, 1.165) is 32.1 Å². The quantitative estimate of drug-likeness (QED) is 0.0362. The summed E-state index contributed by atoms with van der Waals surface area (Å²) in [6.07, 6.45) is 39.9. The number of ether oxygens (including phenoxy) is 2. The second-order valence-electron chi connectivity index (χ2n) is 14.6. The lowest BCUT2D eigenvalue weighted by molar-refractivity contribution is -0.154. The summed E-state index contributed by atoms with van der Waals surface area (Å²) in [7, 11) is -4.26. The Labute approximate surface area is 310 Å². The first-order valence-corrected chi connectivity index (χ1v) is 23.0. The molecule has 0 bridgehead atoms. The van der Waals surface area contributed by atoms with Gasteiger partial charge in [-0.25, -0.2) is 4.57 Å². The van der Waals surface area contributed by atoms with E-state index in [9.17, 15) is 14.3 Å². The van der Waals surface area contributed by atoms with E-state index in [1.54, 1.807) is 0 Å². The molecule has 9 heteroatoms. The third-order valence-corrected chi connectivity index (χ3v) is 10.5. The average molecular weight is 734 g/mol. The number of nitrogens with two attached hydrogens (primary N) is 1. The van der Waals surface area contributed by atoms with Gasteiger partial charge in [0.25, 0.3) is 0 Å². The van der Waals surface area contributed by atoms with E-state index in [-0.39, 0.29) is 32.3 Å². The van der Waals surface area contributed by atoms with Gasteiger partial charge in [0, 0.05) is 19.6 Å². The molecule has 0 saturated heterocycles. The lowest BCUT2D eigenvalue weighted by atomic mass is 10.0. The highest BCUT2D eigenvalue weighted by molar-refractivity contribution is 7.47. The first-order chi connectivity index (χ1) is 24.4. The minimum atomic E-state index is -4.26. The van der Waals surface area contributed by atoms with Crippen LogP contribution >= 0.6 is 7.82 Å². The first-order valence-electron chi connectivity index (χ1n) is 21.5. The second kappa shape index (κ2) is 39.7. The fourth-order valence-electron chi connectivity index (χ4n) is 6.35. The largest absolute Gasteiger partial charge is 0.472 e. The van der Waals surface area contributed by atoms with Crippen molar-refractivity contribution in [2.24, 2.45) is 5.73 Å². The van der Waals surface area contributed by atoms with Gasteiger partial charge in [-0.3, -0.25) is 13.8 Å². The Morgan fingerprint density at radius 3 is 1.26 bits per heavy atom. The van der Waals surface area contributed by atoms with Crippen LogP contribution in [0.25, 0.3) is 0 Å². The summed E-state index contributed by atoms with van der Waals surface area (Å²) in [6.45, 7) is 4.96. The first kappa shape index (κ1) is 49.5. The van der Waals surface area contributed by atoms with E-state index >= 15 is 0 Å². The molecule has 0 heterocycles. The van der Waals surface area contributed by atoms with Gasteiger partial charge >= 0.3 is 13.8 Å². The van der Waals surface area contributed by atoms with Crippen LogP contribution in [-0.4, -0.2) is 49.9 Å². The standard InChI is InChI=1S/C41H84NO7P/c1-3-5-7-9-11-13-14-15-16-17-18-19-20-21-22-23-24-25-26-28-30-32-34-41(43)49-40(39-48-50(44,45)47-37-35-42)38-46-36-33-31-29-27-12-10-8-6-4-2/h40H,3-39,42H2,1-2H3,(H,44,45). The van der Waals surface area contributed by atoms with Gasteiger partial charge in [-0.2, -0.15) is 0 Å². The molecule has 3 N–H and O–H groups in total. The minimum absolute atomic E-state index is 0.0904. The lowest BCUT2D eigenvalue weighted by Crippen LogP contribution is -2.28. The maximum absolute atomic E-state index is 12.5. The van der Waals surface area contributed by atoms with E-state index in [1.807, 2.05) is 0 Å². The van der Waals surface area contributed by atoms with Crippen LogP contribution < -0.4 is 5.73 Å². The summed E-state index contributed by atoms with van der Waals surface area (Å²) in [4.78, 5) is 22.4. The average Bonchev–Trinajstić information content (AvgIpc) is 3.10. The number of rotatable bonds is 42. The van der Waals surface area contributed by atoms with Gasteiger partial charge in [-0.15, -0.1) is 0 Å². The molecule has 0 aliphatic heterocycles. The molecular weight excluding hydrogens is 649 g/mol. The number of hydrogen-bond donors (Lipinski definition) is 2. The molecule has 0 aromatic heterocycles. The third kappa shape index (κ3) is 38.7. The number of phosphoric acid groups is 1. The highest BCUT2D eigenvalue weighted by Gasteiger charge is 2.25. The zero-order chi connectivity index (χ0) is 36.6. The number of hydrogen-bond acceptors (Lipinski definition) is 7. The van der Waals surface area contributed by atoms with Crippen LogP contribution in [0.4, 0.5) is 0 Å². The predicted molar refractivity (Wildman–Crippen MR) is 211 cm³/mol. The van der Waals surface area contributed by atoms with Crippen molar-refractivity contribution in [2.45, 2.75) is 225 Å². The van der Waals surface area contributed by atoms with Crippen molar-refractivity contribution >= 4 is 13.8 Å². The van der Waals surface area contributed by atoms with Crippen LogP contribution in [0.15, 0.2) is 0 Å². The Bertz CT molecular complexity index is 742. The van der Waals surface area contributed by atoms with Crippen LogP contribution in [0.2, 0.25) is 0 Å². The maximum Gasteiger partial charge on any atom is 0.472 e. The molecule has 8 nitrogen and oxygen atoms in total. The van der Waals surface area contributed by atoms with Gasteiger partial charge in [0.2, 0.25) is 0 Å². The fraction of sp³-hybridized carbons (Fsp3) is 0.976. The van der Waals surface area contributed by atoms with Crippen LogP contribution in [0, 0.1) is 0 Å². The van der Waals surface area contributed by atoms with Crippen molar-refractivity contribution in [2.75, 3.05) is 33.0 Å². The van der Waals surface area contributed by atoms with Gasteiger partial charge in [0.15, 0.2) is 0 Å². The van der Waals surface area contributed by atoms with E-state index in [1.165, 1.54) is 167 Å². The highest BCUT2D eigenvalue weighted by atomic mass is 31.2. The molecule has 0 saturated carbocycles. The Kier molecular flexibility index (Phi) is 39.3. The zero-order valence-corrected chi connectivity index (χ0v) is 34.1. The molecule has 2 atom stereocenters. The van der Waals surface area contributed by atoms with Crippen molar-refractivity contribution in [3.63, 3.8) is 0 Å². The second-order valence-corrected chi connectivity index (χ2v) is 16.0. The molecule has 0 amide bonds. The summed E-state index contributed by atoms with van der Waals surface area (Å²) in [5.74, 6) is -0.325. The van der Waals surface area contributed by atoms with Gasteiger partial charge < -0.3 is 20.1 Å². The van der Waals surface area contributed by atoms with E-state index in [4.69, 9.17) is 24.3 Å². The Morgan fingerprint density at radius 2 is 0.880 bits per heavy atom. The predicted octanol–water partition coefficient (Wildman–Crippen LogP) is 12.5. The van der Waals surface area contributed by atoms with Crippen molar-refractivity contribution < 1.29 is 32.8 Å². The monoisotopic (exact) mass is 734 g/mol. The Hall–Kier alpha value is -0.500. The fourth-order valence-corrected chi connectivity index (χ4v) is 7.12. The smallest absolute Gasteiger partial charge is 0.457 e. The number of unbranched alkanes of at least 4 members (excludes halogenated alkanes) is 29. The van der Waals surface area contributed by atoms with Crippen molar-refractivity contribution in [1.82, 2.24) is 0 Å². The molecule has 2 unspecified atom stereocenters. The molecule has 0 aromatic carbocycles. The Balaban J connectivity index is 3.86. The number of phosphoric ester groups is 1. The van der Waals surface area contributed by atoms with Crippen molar-refractivity contribution in [1.29, 1.82) is 0 Å². The van der Waals surface area contributed by atoms with Crippen LogP contribution in [0.1, 0.15) is 219 Å². The van der Waals surface area contributed by atoms with E-state index in [2.05, 4.69) is 13.8 Å². The molecular formula is C41H84NO7P. The molecule has 0 aromatic rings. The summed E-state index contributed by atoms with van der Waals surface area (Å²) < 4.78 is 33.3. The normalized spacial score (nSPS) is 13.4. The zero-order valence-electron chi connectivity index (χ0n) is 33.2. The molecule has 0 rings (SSSR count). The third-order valence-electron chi connectivity index (χ3n) is 9.52. The molecule has 0 radical (unpaired) electrons. The highest BCUT2D eigenvalue weighted by Crippen LogP contribution is 2.43. The van der Waals surface area contributed by atoms with Gasteiger partial charge in [0.1, 0.15) is 6.10 Å². The maximum atomic E-state index is 12.5. The molecule has 0 aliphatic rings. The summed E-state index contributed by atoms with van der Waals surface area (Å²) >= 11 is 0. The molecule has 300 valence electrons. The van der Waals surface area contributed by atoms with Crippen molar-refractivity contribution in [3.05, 3.63) is 0 Å². The molecule has 0 spiro atoms. The van der Waals surface area contributed by atoms with Gasteiger partial charge in [-0.05, 0) is 12.8 Å². The van der Waals surface area contributed by atoms with E-state index < -0.39 is 13.9 Å². The van der Waals surface area contributed by atoms with E-state index in [0.29, 0.717) is 13.0 Å². The summed E-state index contributed by atoms with van der Waals surface area (Å²) in [6, 6.07) is 0. The van der Waals surface area contributed by atoms with Gasteiger partial charge in [0.05, 0.1) is 19.8 Å². The van der Waals surface area contributed by atoms with Crippen molar-refractivity contribution in [3.8, 4) is 0 Å². The minimum Gasteiger partial charge on any atom is -0.457 e. The number of esters is 1. The van der Waals surface area contributed by atoms with Gasteiger partial charge in [-0.1, -0.05) is 200 Å². The summed E-state index contributed by atoms with van der Waals surface area (Å²) in [5, 5.41) is 0. The molecule has 0 aliphatic carbocycles. The lowest BCUT2D eigenvalue weighted by Gasteiger charge is -2.20. The SMILES string of the molecule is CCCCCCCCCCCCCCCCCCCCCCCCC(=O)OC(COCCCCCCCCCCC)COP(=O)(O)OCCN. The van der Waals surface area contributed by atoms with Crippen LogP contribution in [0.3, 0.4) is 0 Å². The topological polar surface area (TPSA) is 117 Å².